The molecule has 3 heteroatoms. The Labute approximate surface area is 102 Å². The summed E-state index contributed by atoms with van der Waals surface area (Å²) in [5.74, 6) is 0. The second-order valence-electron chi connectivity index (χ2n) is 5.09. The molecule has 2 aliphatic rings. The standard InChI is InChI=1S/C13H20N2S/c1-14-10-7-11-4-5-12(8-10)15(11)9-13-3-2-6-16-13/h2-3,6,10-12,14H,4-5,7-9H2,1H3. The quantitative estimate of drug-likeness (QED) is 0.867. The van der Waals surface area contributed by atoms with E-state index in [9.17, 15) is 0 Å². The van der Waals surface area contributed by atoms with Crippen molar-refractivity contribution in [1.82, 2.24) is 10.2 Å². The molecule has 2 nitrogen and oxygen atoms in total. The average Bonchev–Trinajstić information content (AvgIpc) is 2.87. The van der Waals surface area contributed by atoms with Crippen molar-refractivity contribution in [2.45, 2.75) is 50.4 Å². The maximum atomic E-state index is 3.46. The SMILES string of the molecule is CNC1CC2CCC(C1)N2Cc1cccs1. The van der Waals surface area contributed by atoms with Crippen molar-refractivity contribution in [2.75, 3.05) is 7.05 Å². The molecule has 0 saturated carbocycles. The average molecular weight is 236 g/mol. The molecule has 2 atom stereocenters. The van der Waals surface area contributed by atoms with Crippen LogP contribution in [0.25, 0.3) is 0 Å². The van der Waals surface area contributed by atoms with Crippen molar-refractivity contribution in [3.8, 4) is 0 Å². The van der Waals surface area contributed by atoms with Crippen LogP contribution in [0.5, 0.6) is 0 Å². The lowest BCUT2D eigenvalue weighted by Crippen LogP contribution is -2.47. The second kappa shape index (κ2) is 4.47. The van der Waals surface area contributed by atoms with Crippen LogP contribution < -0.4 is 5.32 Å². The zero-order chi connectivity index (χ0) is 11.0. The van der Waals surface area contributed by atoms with Crippen LogP contribution in [-0.2, 0) is 6.54 Å². The summed E-state index contributed by atoms with van der Waals surface area (Å²) in [6, 6.07) is 6.87. The fourth-order valence-electron chi connectivity index (χ4n) is 3.35. The van der Waals surface area contributed by atoms with E-state index >= 15 is 0 Å². The monoisotopic (exact) mass is 236 g/mol. The molecule has 1 aromatic heterocycles. The van der Waals surface area contributed by atoms with Crippen LogP contribution in [0.15, 0.2) is 17.5 Å². The zero-order valence-corrected chi connectivity index (χ0v) is 10.7. The van der Waals surface area contributed by atoms with E-state index in [2.05, 4.69) is 34.8 Å². The lowest BCUT2D eigenvalue weighted by atomic mass is 9.97. The van der Waals surface area contributed by atoms with E-state index in [-0.39, 0.29) is 0 Å². The Morgan fingerprint density at radius 1 is 1.38 bits per heavy atom. The molecule has 1 aromatic rings. The van der Waals surface area contributed by atoms with E-state index in [4.69, 9.17) is 0 Å². The number of nitrogens with one attached hydrogen (secondary N) is 1. The van der Waals surface area contributed by atoms with Crippen molar-refractivity contribution in [1.29, 1.82) is 0 Å². The highest BCUT2D eigenvalue weighted by Crippen LogP contribution is 2.37. The van der Waals surface area contributed by atoms with Gasteiger partial charge in [0.1, 0.15) is 0 Å². The molecule has 2 bridgehead atoms. The van der Waals surface area contributed by atoms with Crippen LogP contribution in [-0.4, -0.2) is 30.1 Å². The van der Waals surface area contributed by atoms with Gasteiger partial charge < -0.3 is 5.32 Å². The molecule has 3 rings (SSSR count). The van der Waals surface area contributed by atoms with Gasteiger partial charge in [0.25, 0.3) is 0 Å². The molecule has 2 unspecified atom stereocenters. The number of rotatable bonds is 3. The predicted octanol–water partition coefficient (Wildman–Crippen LogP) is 2.46. The fraction of sp³-hybridized carbons (Fsp3) is 0.692. The van der Waals surface area contributed by atoms with Gasteiger partial charge in [-0.3, -0.25) is 4.90 Å². The summed E-state index contributed by atoms with van der Waals surface area (Å²) in [7, 11) is 2.11. The first-order valence-electron chi connectivity index (χ1n) is 6.32. The largest absolute Gasteiger partial charge is 0.317 e. The minimum atomic E-state index is 0.761. The summed E-state index contributed by atoms with van der Waals surface area (Å²) in [6.07, 6.45) is 5.51. The smallest absolute Gasteiger partial charge is 0.0333 e. The van der Waals surface area contributed by atoms with Crippen molar-refractivity contribution in [2.24, 2.45) is 0 Å². The van der Waals surface area contributed by atoms with Crippen LogP contribution in [0.2, 0.25) is 0 Å². The van der Waals surface area contributed by atoms with Crippen molar-refractivity contribution in [3.05, 3.63) is 22.4 Å². The number of piperidine rings is 1. The van der Waals surface area contributed by atoms with Crippen LogP contribution in [0.4, 0.5) is 0 Å². The van der Waals surface area contributed by atoms with Gasteiger partial charge in [-0.05, 0) is 44.2 Å². The Balaban J connectivity index is 1.69. The number of hydrogen-bond donors (Lipinski definition) is 1. The predicted molar refractivity (Wildman–Crippen MR) is 68.8 cm³/mol. The van der Waals surface area contributed by atoms with Gasteiger partial charge in [0, 0.05) is 29.5 Å². The van der Waals surface area contributed by atoms with Crippen molar-refractivity contribution in [3.63, 3.8) is 0 Å². The van der Waals surface area contributed by atoms with E-state index in [1.807, 2.05) is 11.3 Å². The first-order valence-corrected chi connectivity index (χ1v) is 7.20. The summed E-state index contributed by atoms with van der Waals surface area (Å²) in [6.45, 7) is 1.18. The molecular formula is C13H20N2S. The first-order chi connectivity index (χ1) is 7.86. The third kappa shape index (κ3) is 1.92. The molecule has 0 spiro atoms. The molecule has 0 aromatic carbocycles. The molecule has 3 heterocycles. The number of hydrogen-bond acceptors (Lipinski definition) is 3. The molecule has 0 aliphatic carbocycles. The minimum absolute atomic E-state index is 0.761. The number of fused-ring (bicyclic) bond motifs is 2. The second-order valence-corrected chi connectivity index (χ2v) is 6.13. The molecule has 2 fully saturated rings. The van der Waals surface area contributed by atoms with E-state index in [0.29, 0.717) is 0 Å². The van der Waals surface area contributed by atoms with Crippen LogP contribution in [0.3, 0.4) is 0 Å². The summed E-state index contributed by atoms with van der Waals surface area (Å²) in [5.41, 5.74) is 0. The highest BCUT2D eigenvalue weighted by Gasteiger charge is 2.39. The van der Waals surface area contributed by atoms with Gasteiger partial charge in [0.2, 0.25) is 0 Å². The molecule has 0 radical (unpaired) electrons. The Kier molecular flexibility index (Phi) is 3.01. The molecule has 88 valence electrons. The topological polar surface area (TPSA) is 15.3 Å². The molecular weight excluding hydrogens is 216 g/mol. The van der Waals surface area contributed by atoms with Gasteiger partial charge in [0.15, 0.2) is 0 Å². The van der Waals surface area contributed by atoms with Crippen molar-refractivity contribution >= 4 is 11.3 Å². The van der Waals surface area contributed by atoms with Gasteiger partial charge in [-0.1, -0.05) is 6.07 Å². The van der Waals surface area contributed by atoms with Crippen LogP contribution in [0.1, 0.15) is 30.6 Å². The molecule has 2 aliphatic heterocycles. The van der Waals surface area contributed by atoms with Gasteiger partial charge in [-0.25, -0.2) is 0 Å². The lowest BCUT2D eigenvalue weighted by molar-refractivity contribution is 0.113. The van der Waals surface area contributed by atoms with Crippen LogP contribution in [0, 0.1) is 0 Å². The van der Waals surface area contributed by atoms with Gasteiger partial charge >= 0.3 is 0 Å². The van der Waals surface area contributed by atoms with E-state index in [1.54, 1.807) is 0 Å². The Morgan fingerprint density at radius 3 is 2.69 bits per heavy atom. The Bertz CT molecular complexity index is 322. The zero-order valence-electron chi connectivity index (χ0n) is 9.86. The highest BCUT2D eigenvalue weighted by atomic mass is 32.1. The minimum Gasteiger partial charge on any atom is -0.317 e. The van der Waals surface area contributed by atoms with E-state index in [1.165, 1.54) is 37.1 Å². The molecule has 1 N–H and O–H groups in total. The molecule has 2 saturated heterocycles. The lowest BCUT2D eigenvalue weighted by Gasteiger charge is -2.38. The van der Waals surface area contributed by atoms with E-state index in [0.717, 1.165) is 18.1 Å². The maximum Gasteiger partial charge on any atom is 0.0333 e. The van der Waals surface area contributed by atoms with Gasteiger partial charge in [0.05, 0.1) is 0 Å². The third-order valence-electron chi connectivity index (χ3n) is 4.21. The number of thiophene rings is 1. The van der Waals surface area contributed by atoms with Gasteiger partial charge in [-0.15, -0.1) is 11.3 Å². The highest BCUT2D eigenvalue weighted by molar-refractivity contribution is 7.09. The number of nitrogens with zero attached hydrogens (tertiary/aromatic N) is 1. The van der Waals surface area contributed by atoms with E-state index < -0.39 is 0 Å². The summed E-state index contributed by atoms with van der Waals surface area (Å²) in [5, 5.41) is 5.65. The third-order valence-corrected chi connectivity index (χ3v) is 5.07. The Hall–Kier alpha value is -0.380. The molecule has 16 heavy (non-hydrogen) atoms. The van der Waals surface area contributed by atoms with Crippen molar-refractivity contribution < 1.29 is 0 Å². The normalized spacial score (nSPS) is 34.4. The first kappa shape index (κ1) is 10.8. The summed E-state index contributed by atoms with van der Waals surface area (Å²) >= 11 is 1.90. The van der Waals surface area contributed by atoms with Crippen LogP contribution >= 0.6 is 11.3 Å². The van der Waals surface area contributed by atoms with Gasteiger partial charge in [-0.2, -0.15) is 0 Å². The maximum absolute atomic E-state index is 3.46. The molecule has 0 amide bonds. The fourth-order valence-corrected chi connectivity index (χ4v) is 4.06. The Morgan fingerprint density at radius 2 is 2.12 bits per heavy atom. The summed E-state index contributed by atoms with van der Waals surface area (Å²) < 4.78 is 0. The summed E-state index contributed by atoms with van der Waals surface area (Å²) in [4.78, 5) is 4.28.